The second kappa shape index (κ2) is 10.9. The predicted molar refractivity (Wildman–Crippen MR) is 130 cm³/mol. The lowest BCUT2D eigenvalue weighted by atomic mass is 10.1. The number of benzene rings is 3. The van der Waals surface area contributed by atoms with E-state index in [9.17, 15) is 33.4 Å². The highest BCUT2D eigenvalue weighted by Crippen LogP contribution is 2.22. The Morgan fingerprint density at radius 3 is 2.25 bits per heavy atom. The second-order valence-corrected chi connectivity index (χ2v) is 8.79. The SMILES string of the molecule is CC(=O)Nc1ccc(S(=O)(=O)Oc2ccc(/C=C(\C#N)C(=O)Nc3cccc([N+](=O)[O-])c3)cc2)cc1. The van der Waals surface area contributed by atoms with Gasteiger partial charge in [-0.25, -0.2) is 0 Å². The van der Waals surface area contributed by atoms with Gasteiger partial charge in [-0.3, -0.25) is 19.7 Å². The van der Waals surface area contributed by atoms with E-state index in [-0.39, 0.29) is 33.5 Å². The Balaban J connectivity index is 1.71. The molecule has 0 fully saturated rings. The lowest BCUT2D eigenvalue weighted by molar-refractivity contribution is -0.384. The number of rotatable bonds is 8. The number of amides is 2. The van der Waals surface area contributed by atoms with Crippen LogP contribution in [-0.2, 0) is 19.7 Å². The van der Waals surface area contributed by atoms with Crippen molar-refractivity contribution in [3.8, 4) is 11.8 Å². The van der Waals surface area contributed by atoms with Crippen LogP contribution in [0.5, 0.6) is 5.75 Å². The van der Waals surface area contributed by atoms with E-state index in [0.29, 0.717) is 11.3 Å². The van der Waals surface area contributed by atoms with Gasteiger partial charge in [0.05, 0.1) is 4.92 Å². The molecule has 0 aliphatic heterocycles. The number of non-ortho nitro benzene ring substituents is 1. The van der Waals surface area contributed by atoms with Crippen molar-refractivity contribution in [3.63, 3.8) is 0 Å². The fraction of sp³-hybridized carbons (Fsp3) is 0.0417. The summed E-state index contributed by atoms with van der Waals surface area (Å²) in [6.45, 7) is 1.33. The van der Waals surface area contributed by atoms with Gasteiger partial charge in [0.25, 0.3) is 11.6 Å². The van der Waals surface area contributed by atoms with Gasteiger partial charge in [0, 0.05) is 30.4 Å². The number of carbonyl (C=O) groups excluding carboxylic acids is 2. The van der Waals surface area contributed by atoms with Gasteiger partial charge in [-0.1, -0.05) is 18.2 Å². The minimum atomic E-state index is -4.15. The number of anilines is 2. The van der Waals surface area contributed by atoms with Crippen molar-refractivity contribution in [2.75, 3.05) is 10.6 Å². The van der Waals surface area contributed by atoms with Crippen LogP contribution in [-0.4, -0.2) is 25.2 Å². The maximum atomic E-state index is 12.5. The molecule has 0 aliphatic rings. The highest BCUT2D eigenvalue weighted by molar-refractivity contribution is 7.87. The van der Waals surface area contributed by atoms with Gasteiger partial charge >= 0.3 is 10.1 Å². The van der Waals surface area contributed by atoms with Crippen LogP contribution in [0.2, 0.25) is 0 Å². The molecule has 0 bridgehead atoms. The molecule has 2 amide bonds. The van der Waals surface area contributed by atoms with Crippen LogP contribution >= 0.6 is 0 Å². The van der Waals surface area contributed by atoms with Crippen LogP contribution in [0.4, 0.5) is 17.1 Å². The van der Waals surface area contributed by atoms with Crippen molar-refractivity contribution >= 4 is 45.1 Å². The van der Waals surface area contributed by atoms with Crippen molar-refractivity contribution in [2.24, 2.45) is 0 Å². The molecular weight excluding hydrogens is 488 g/mol. The number of nitro benzene ring substituents is 1. The maximum Gasteiger partial charge on any atom is 0.339 e. The first-order chi connectivity index (χ1) is 17.1. The smallest absolute Gasteiger partial charge is 0.339 e. The van der Waals surface area contributed by atoms with Crippen LogP contribution in [0.25, 0.3) is 6.08 Å². The van der Waals surface area contributed by atoms with Crippen LogP contribution in [0.3, 0.4) is 0 Å². The molecule has 0 saturated carbocycles. The maximum absolute atomic E-state index is 12.5. The normalized spacial score (nSPS) is 11.2. The summed E-state index contributed by atoms with van der Waals surface area (Å²) >= 11 is 0. The Bertz CT molecular complexity index is 1490. The molecule has 36 heavy (non-hydrogen) atoms. The van der Waals surface area contributed by atoms with Crippen molar-refractivity contribution in [1.82, 2.24) is 0 Å². The Hall–Kier alpha value is -5.02. The Kier molecular flexibility index (Phi) is 7.78. The Morgan fingerprint density at radius 2 is 1.67 bits per heavy atom. The molecule has 12 heteroatoms. The lowest BCUT2D eigenvalue weighted by Gasteiger charge is -2.08. The Labute approximate surface area is 205 Å². The van der Waals surface area contributed by atoms with Crippen molar-refractivity contribution in [1.29, 1.82) is 5.26 Å². The average Bonchev–Trinajstić information content (AvgIpc) is 2.83. The van der Waals surface area contributed by atoms with E-state index in [2.05, 4.69) is 10.6 Å². The van der Waals surface area contributed by atoms with Gasteiger partial charge in [0.15, 0.2) is 0 Å². The third-order valence-electron chi connectivity index (χ3n) is 4.54. The quantitative estimate of drug-likeness (QED) is 0.153. The highest BCUT2D eigenvalue weighted by atomic mass is 32.2. The van der Waals surface area contributed by atoms with E-state index in [1.807, 2.05) is 0 Å². The second-order valence-electron chi connectivity index (χ2n) is 7.24. The molecule has 0 atom stereocenters. The molecule has 2 N–H and O–H groups in total. The standard InChI is InChI=1S/C24H18N4O7S/c1-16(29)26-19-7-11-23(12-8-19)36(33,34)35-22-9-5-17(6-10-22)13-18(15-25)24(30)27-20-3-2-4-21(14-20)28(31)32/h2-14H,1H3,(H,26,29)(H,27,30)/b18-13+. The summed E-state index contributed by atoms with van der Waals surface area (Å²) in [6.07, 6.45) is 1.27. The van der Waals surface area contributed by atoms with Crippen molar-refractivity contribution in [2.45, 2.75) is 11.8 Å². The Morgan fingerprint density at radius 1 is 1.00 bits per heavy atom. The summed E-state index contributed by atoms with van der Waals surface area (Å²) in [4.78, 5) is 33.7. The van der Waals surface area contributed by atoms with Gasteiger partial charge in [-0.05, 0) is 54.1 Å². The predicted octanol–water partition coefficient (Wildman–Crippen LogP) is 3.87. The van der Waals surface area contributed by atoms with Gasteiger partial charge in [0.2, 0.25) is 5.91 Å². The minimum absolute atomic E-state index is 0.00218. The first kappa shape index (κ1) is 25.6. The molecule has 3 aromatic carbocycles. The number of hydrogen-bond acceptors (Lipinski definition) is 8. The largest absolute Gasteiger partial charge is 0.379 e. The molecular formula is C24H18N4O7S. The molecule has 0 unspecified atom stereocenters. The topological polar surface area (TPSA) is 168 Å². The number of carbonyl (C=O) groups is 2. The van der Waals surface area contributed by atoms with Crippen LogP contribution in [0.1, 0.15) is 12.5 Å². The highest BCUT2D eigenvalue weighted by Gasteiger charge is 2.17. The fourth-order valence-electron chi connectivity index (χ4n) is 2.91. The van der Waals surface area contributed by atoms with E-state index < -0.39 is 20.9 Å². The van der Waals surface area contributed by atoms with Crippen molar-refractivity contribution < 1.29 is 27.1 Å². The van der Waals surface area contributed by atoms with Gasteiger partial charge in [-0.2, -0.15) is 13.7 Å². The molecule has 3 aromatic rings. The zero-order chi connectivity index (χ0) is 26.3. The summed E-state index contributed by atoms with van der Waals surface area (Å²) in [5.74, 6) is -1.07. The van der Waals surface area contributed by atoms with Gasteiger partial charge in [-0.15, -0.1) is 0 Å². The lowest BCUT2D eigenvalue weighted by Crippen LogP contribution is -2.13. The zero-order valence-corrected chi connectivity index (χ0v) is 19.5. The van der Waals surface area contributed by atoms with E-state index >= 15 is 0 Å². The molecule has 0 spiro atoms. The van der Waals surface area contributed by atoms with Gasteiger partial charge in [0.1, 0.15) is 22.3 Å². The molecule has 11 nitrogen and oxygen atoms in total. The van der Waals surface area contributed by atoms with Crippen LogP contribution in [0.15, 0.2) is 83.3 Å². The molecule has 0 saturated heterocycles. The monoisotopic (exact) mass is 506 g/mol. The summed E-state index contributed by atoms with van der Waals surface area (Å²) < 4.78 is 30.1. The summed E-state index contributed by atoms with van der Waals surface area (Å²) in [6, 6.07) is 18.0. The fourth-order valence-corrected chi connectivity index (χ4v) is 3.84. The number of nitro groups is 1. The third-order valence-corrected chi connectivity index (χ3v) is 5.80. The summed E-state index contributed by atoms with van der Waals surface area (Å²) in [5.41, 5.74) is 0.492. The number of nitriles is 1. The number of nitrogens with one attached hydrogen (secondary N) is 2. The number of nitrogens with zero attached hydrogens (tertiary/aromatic N) is 2. The first-order valence-corrected chi connectivity index (χ1v) is 11.6. The summed E-state index contributed by atoms with van der Waals surface area (Å²) in [7, 11) is -4.15. The molecule has 0 aliphatic carbocycles. The van der Waals surface area contributed by atoms with E-state index in [4.69, 9.17) is 4.18 Å². The van der Waals surface area contributed by atoms with Gasteiger partial charge < -0.3 is 14.8 Å². The number of hydrogen-bond donors (Lipinski definition) is 2. The van der Waals surface area contributed by atoms with E-state index in [1.54, 1.807) is 6.07 Å². The zero-order valence-electron chi connectivity index (χ0n) is 18.7. The molecule has 182 valence electrons. The van der Waals surface area contributed by atoms with Crippen LogP contribution < -0.4 is 14.8 Å². The average molecular weight is 506 g/mol. The minimum Gasteiger partial charge on any atom is -0.379 e. The molecule has 0 aromatic heterocycles. The summed E-state index contributed by atoms with van der Waals surface area (Å²) in [5, 5.41) is 25.2. The van der Waals surface area contributed by atoms with Crippen molar-refractivity contribution in [3.05, 3.63) is 94.0 Å². The third kappa shape index (κ3) is 6.75. The molecule has 0 heterocycles. The van der Waals surface area contributed by atoms with Crippen LogP contribution in [0, 0.1) is 21.4 Å². The van der Waals surface area contributed by atoms with E-state index in [0.717, 1.165) is 6.07 Å². The molecule has 3 rings (SSSR count). The molecule has 0 radical (unpaired) electrons. The van der Waals surface area contributed by atoms with E-state index in [1.165, 1.54) is 79.7 Å². The first-order valence-electron chi connectivity index (χ1n) is 10.2.